The van der Waals surface area contributed by atoms with Crippen LogP contribution in [-0.4, -0.2) is 0 Å². The van der Waals surface area contributed by atoms with Gasteiger partial charge in [-0.2, -0.15) is 13.2 Å². The van der Waals surface area contributed by atoms with E-state index < -0.39 is 17.8 Å². The van der Waals surface area contributed by atoms with Gasteiger partial charge in [0.1, 0.15) is 0 Å². The van der Waals surface area contributed by atoms with Gasteiger partial charge in [0, 0.05) is 10.5 Å². The molecule has 0 aliphatic rings. The van der Waals surface area contributed by atoms with Gasteiger partial charge in [-0.3, -0.25) is 0 Å². The maximum atomic E-state index is 13.1. The first kappa shape index (κ1) is 16.0. The van der Waals surface area contributed by atoms with Gasteiger partial charge < -0.3 is 5.73 Å². The lowest BCUT2D eigenvalue weighted by Crippen LogP contribution is -2.19. The first-order valence-electron chi connectivity index (χ1n) is 6.46. The third-order valence-corrected chi connectivity index (χ3v) is 3.91. The summed E-state index contributed by atoms with van der Waals surface area (Å²) in [6.07, 6.45) is -4.04. The van der Waals surface area contributed by atoms with Crippen molar-refractivity contribution in [3.05, 3.63) is 69.2 Å². The van der Waals surface area contributed by atoms with Crippen molar-refractivity contribution in [1.82, 2.24) is 0 Å². The fraction of sp³-hybridized carbons (Fsp3) is 0.250. The molecule has 2 rings (SSSR count). The van der Waals surface area contributed by atoms with Crippen molar-refractivity contribution in [1.29, 1.82) is 0 Å². The maximum absolute atomic E-state index is 13.1. The van der Waals surface area contributed by atoms with Gasteiger partial charge in [0.25, 0.3) is 0 Å². The molecule has 1 atom stereocenters. The average Bonchev–Trinajstić information content (AvgIpc) is 2.40. The number of benzene rings is 2. The molecule has 2 N–H and O–H groups in total. The van der Waals surface area contributed by atoms with Crippen LogP contribution in [0.5, 0.6) is 0 Å². The lowest BCUT2D eigenvalue weighted by Gasteiger charge is -2.19. The number of rotatable bonds is 3. The lowest BCUT2D eigenvalue weighted by atomic mass is 9.93. The third-order valence-electron chi connectivity index (χ3n) is 3.42. The van der Waals surface area contributed by atoms with Gasteiger partial charge in [-0.25, -0.2) is 0 Å². The van der Waals surface area contributed by atoms with Gasteiger partial charge in [-0.15, -0.1) is 0 Å². The summed E-state index contributed by atoms with van der Waals surface area (Å²) in [5, 5.41) is 0. The predicted molar refractivity (Wildman–Crippen MR) is 81.0 cm³/mol. The standard InChI is InChI=1S/C16H15BrF3N/c1-10-4-2-3-5-11(10)8-15(21)13-7-6-12(17)9-14(13)16(18,19)20/h2-7,9,15H,8,21H2,1H3. The molecule has 2 aromatic rings. The zero-order valence-corrected chi connectivity index (χ0v) is 13.0. The summed E-state index contributed by atoms with van der Waals surface area (Å²) < 4.78 is 39.8. The van der Waals surface area contributed by atoms with Crippen LogP contribution in [0.3, 0.4) is 0 Å². The highest BCUT2D eigenvalue weighted by Crippen LogP contribution is 2.36. The van der Waals surface area contributed by atoms with E-state index in [2.05, 4.69) is 15.9 Å². The van der Waals surface area contributed by atoms with Gasteiger partial charge in [-0.1, -0.05) is 46.3 Å². The van der Waals surface area contributed by atoms with Gasteiger partial charge in [0.2, 0.25) is 0 Å². The fourth-order valence-electron chi connectivity index (χ4n) is 2.28. The number of hydrogen-bond donors (Lipinski definition) is 1. The Kier molecular flexibility index (Phi) is 4.74. The molecule has 21 heavy (non-hydrogen) atoms. The molecular formula is C16H15BrF3N. The normalized spacial score (nSPS) is 13.2. The minimum atomic E-state index is -4.41. The molecule has 0 fully saturated rings. The van der Waals surface area contributed by atoms with E-state index in [0.29, 0.717) is 10.9 Å². The number of nitrogens with two attached hydrogens (primary N) is 1. The quantitative estimate of drug-likeness (QED) is 0.819. The van der Waals surface area contributed by atoms with Crippen LogP contribution in [0.2, 0.25) is 0 Å². The molecule has 0 spiro atoms. The summed E-state index contributed by atoms with van der Waals surface area (Å²) in [5.74, 6) is 0. The number of alkyl halides is 3. The Morgan fingerprint density at radius 1 is 1.14 bits per heavy atom. The number of hydrogen-bond acceptors (Lipinski definition) is 1. The van der Waals surface area contributed by atoms with Crippen molar-refractivity contribution in [3.8, 4) is 0 Å². The summed E-state index contributed by atoms with van der Waals surface area (Å²) in [6, 6.07) is 11.0. The van der Waals surface area contributed by atoms with Gasteiger partial charge in [-0.05, 0) is 42.2 Å². The van der Waals surface area contributed by atoms with E-state index >= 15 is 0 Å². The van der Waals surface area contributed by atoms with Gasteiger partial charge in [0.05, 0.1) is 5.56 Å². The summed E-state index contributed by atoms with van der Waals surface area (Å²) >= 11 is 3.08. The van der Waals surface area contributed by atoms with Crippen LogP contribution in [-0.2, 0) is 12.6 Å². The van der Waals surface area contributed by atoms with Crippen molar-refractivity contribution < 1.29 is 13.2 Å². The average molecular weight is 358 g/mol. The molecular weight excluding hydrogens is 343 g/mol. The smallest absolute Gasteiger partial charge is 0.324 e. The van der Waals surface area contributed by atoms with Crippen molar-refractivity contribution in [3.63, 3.8) is 0 Å². The molecule has 0 bridgehead atoms. The second-order valence-electron chi connectivity index (χ2n) is 4.97. The summed E-state index contributed by atoms with van der Waals surface area (Å²) in [6.45, 7) is 1.92. The van der Waals surface area contributed by atoms with E-state index in [9.17, 15) is 13.2 Å². The largest absolute Gasteiger partial charge is 0.416 e. The Labute approximate surface area is 130 Å². The summed E-state index contributed by atoms with van der Waals surface area (Å²) in [5.41, 5.74) is 7.45. The topological polar surface area (TPSA) is 26.0 Å². The van der Waals surface area contributed by atoms with E-state index in [1.54, 1.807) is 6.07 Å². The van der Waals surface area contributed by atoms with Crippen LogP contribution in [0.1, 0.15) is 28.3 Å². The molecule has 2 aromatic carbocycles. The molecule has 0 saturated heterocycles. The molecule has 5 heteroatoms. The van der Waals surface area contributed by atoms with Gasteiger partial charge in [0.15, 0.2) is 0 Å². The van der Waals surface area contributed by atoms with Crippen molar-refractivity contribution in [2.24, 2.45) is 5.73 Å². The van der Waals surface area contributed by atoms with E-state index in [0.717, 1.165) is 17.2 Å². The minimum Gasteiger partial charge on any atom is -0.324 e. The maximum Gasteiger partial charge on any atom is 0.416 e. The van der Waals surface area contributed by atoms with E-state index in [1.165, 1.54) is 6.07 Å². The second-order valence-corrected chi connectivity index (χ2v) is 5.88. The van der Waals surface area contributed by atoms with Crippen molar-refractivity contribution in [2.75, 3.05) is 0 Å². The Bertz CT molecular complexity index is 638. The van der Waals surface area contributed by atoms with Gasteiger partial charge >= 0.3 is 6.18 Å². The van der Waals surface area contributed by atoms with E-state index in [-0.39, 0.29) is 5.56 Å². The van der Waals surface area contributed by atoms with Crippen molar-refractivity contribution in [2.45, 2.75) is 25.6 Å². The zero-order valence-electron chi connectivity index (χ0n) is 11.4. The molecule has 0 aliphatic heterocycles. The number of aryl methyl sites for hydroxylation is 1. The highest BCUT2D eigenvalue weighted by Gasteiger charge is 2.34. The van der Waals surface area contributed by atoms with Crippen LogP contribution >= 0.6 is 15.9 Å². The third kappa shape index (κ3) is 3.86. The molecule has 0 radical (unpaired) electrons. The second kappa shape index (κ2) is 6.20. The Morgan fingerprint density at radius 2 is 1.81 bits per heavy atom. The predicted octanol–water partition coefficient (Wildman–Crippen LogP) is 5.02. The van der Waals surface area contributed by atoms with Crippen LogP contribution in [0.25, 0.3) is 0 Å². The van der Waals surface area contributed by atoms with Crippen LogP contribution in [0.15, 0.2) is 46.9 Å². The molecule has 0 heterocycles. The van der Waals surface area contributed by atoms with Crippen LogP contribution < -0.4 is 5.73 Å². The lowest BCUT2D eigenvalue weighted by molar-refractivity contribution is -0.138. The molecule has 0 aromatic heterocycles. The van der Waals surface area contributed by atoms with E-state index in [1.807, 2.05) is 31.2 Å². The summed E-state index contributed by atoms with van der Waals surface area (Å²) in [4.78, 5) is 0. The number of halogens is 4. The monoisotopic (exact) mass is 357 g/mol. The Morgan fingerprint density at radius 3 is 2.43 bits per heavy atom. The zero-order chi connectivity index (χ0) is 15.6. The van der Waals surface area contributed by atoms with E-state index in [4.69, 9.17) is 5.73 Å². The van der Waals surface area contributed by atoms with Crippen LogP contribution in [0, 0.1) is 6.92 Å². The highest BCUT2D eigenvalue weighted by atomic mass is 79.9. The molecule has 0 aliphatic carbocycles. The Balaban J connectivity index is 2.36. The molecule has 112 valence electrons. The first-order valence-corrected chi connectivity index (χ1v) is 7.25. The fourth-order valence-corrected chi connectivity index (χ4v) is 2.64. The molecule has 0 saturated carbocycles. The first-order chi connectivity index (χ1) is 9.79. The summed E-state index contributed by atoms with van der Waals surface area (Å²) in [7, 11) is 0. The highest BCUT2D eigenvalue weighted by molar-refractivity contribution is 9.10. The van der Waals surface area contributed by atoms with Crippen molar-refractivity contribution >= 4 is 15.9 Å². The molecule has 1 unspecified atom stereocenters. The SMILES string of the molecule is Cc1ccccc1CC(N)c1ccc(Br)cc1C(F)(F)F. The minimum absolute atomic E-state index is 0.119. The van der Waals surface area contributed by atoms with Crippen LogP contribution in [0.4, 0.5) is 13.2 Å². The molecule has 0 amide bonds. The molecule has 1 nitrogen and oxygen atoms in total. The Hall–Kier alpha value is -1.33.